The van der Waals surface area contributed by atoms with Gasteiger partial charge in [-0.3, -0.25) is 0 Å². The van der Waals surface area contributed by atoms with E-state index in [1.54, 1.807) is 13.4 Å². The lowest BCUT2D eigenvalue weighted by Crippen LogP contribution is -2.57. The molecule has 2 aliphatic rings. The number of benzene rings is 2. The third-order valence-corrected chi connectivity index (χ3v) is 7.14. The molecule has 2 atom stereocenters. The molecule has 1 aromatic heterocycles. The first-order chi connectivity index (χ1) is 17.2. The molecule has 8 heteroatoms. The van der Waals surface area contributed by atoms with E-state index in [-0.39, 0.29) is 12.2 Å². The summed E-state index contributed by atoms with van der Waals surface area (Å²) >= 11 is 0. The fourth-order valence-corrected chi connectivity index (χ4v) is 5.01. The summed E-state index contributed by atoms with van der Waals surface area (Å²) in [7, 11) is 1.65. The zero-order valence-electron chi connectivity index (χ0n) is 21.2. The summed E-state index contributed by atoms with van der Waals surface area (Å²) in [5.74, 6) is 0.604. The Balaban J connectivity index is 1.53. The quantitative estimate of drug-likeness (QED) is 0.465. The minimum absolute atomic E-state index is 0.0174. The lowest BCUT2D eigenvalue weighted by molar-refractivity contribution is -0.00358. The summed E-state index contributed by atoms with van der Waals surface area (Å²) < 4.78 is 36.6. The van der Waals surface area contributed by atoms with Crippen LogP contribution in [0.2, 0.25) is 0 Å². The zero-order valence-corrected chi connectivity index (χ0v) is 21.2. The van der Waals surface area contributed by atoms with E-state index in [0.29, 0.717) is 23.9 Å². The van der Waals surface area contributed by atoms with Gasteiger partial charge in [0, 0.05) is 18.3 Å². The molecular weight excluding hydrogens is 462 g/mol. The van der Waals surface area contributed by atoms with Gasteiger partial charge in [0.1, 0.15) is 29.5 Å². The van der Waals surface area contributed by atoms with Gasteiger partial charge in [-0.05, 0) is 80.2 Å². The first-order valence-electron chi connectivity index (χ1n) is 12.0. The molecule has 36 heavy (non-hydrogen) atoms. The summed E-state index contributed by atoms with van der Waals surface area (Å²) in [5.41, 5.74) is 3.56. The maximum Gasteiger partial charge on any atom is 0.172 e. The highest BCUT2D eigenvalue weighted by molar-refractivity contribution is 6.03. The number of aromatic nitrogens is 2. The van der Waals surface area contributed by atoms with Crippen LogP contribution in [0, 0.1) is 31.4 Å². The van der Waals surface area contributed by atoms with E-state index < -0.39 is 17.2 Å². The fourth-order valence-electron chi connectivity index (χ4n) is 5.01. The number of nitrogens with zero attached hydrogens (tertiary/aromatic N) is 4. The average molecular weight is 493 g/mol. The number of hydrogen-bond acceptors (Lipinski definition) is 5. The highest BCUT2D eigenvalue weighted by Gasteiger charge is 2.44. The van der Waals surface area contributed by atoms with Gasteiger partial charge in [0.2, 0.25) is 0 Å². The fraction of sp³-hybridized carbons (Fsp3) is 0.357. The van der Waals surface area contributed by atoms with Gasteiger partial charge in [-0.2, -0.15) is 0 Å². The molecule has 0 bridgehead atoms. The Labute approximate surface area is 209 Å². The van der Waals surface area contributed by atoms with Crippen molar-refractivity contribution in [1.82, 2.24) is 14.5 Å². The van der Waals surface area contributed by atoms with Crippen LogP contribution >= 0.6 is 0 Å². The van der Waals surface area contributed by atoms with E-state index in [2.05, 4.69) is 28.0 Å². The molecule has 0 amide bonds. The van der Waals surface area contributed by atoms with Crippen molar-refractivity contribution in [2.45, 2.75) is 39.7 Å². The number of hydrogen-bond donors (Lipinski definition) is 0. The largest absolute Gasteiger partial charge is 0.495 e. The molecule has 188 valence electrons. The third kappa shape index (κ3) is 4.14. The number of halogens is 2. The molecule has 2 aromatic carbocycles. The number of imidazole rings is 1. The number of rotatable bonds is 4. The summed E-state index contributed by atoms with van der Waals surface area (Å²) in [6.07, 6.45) is 6.59. The average Bonchev–Trinajstić information content (AvgIpc) is 3.28. The Morgan fingerprint density at radius 2 is 1.92 bits per heavy atom. The molecule has 3 aromatic rings. The van der Waals surface area contributed by atoms with Crippen molar-refractivity contribution in [3.63, 3.8) is 0 Å². The van der Waals surface area contributed by atoms with Crippen LogP contribution in [-0.2, 0) is 10.4 Å². The number of fused-ring (bicyclic) bond motifs is 1. The highest BCUT2D eigenvalue weighted by atomic mass is 19.1. The Kier molecular flexibility index (Phi) is 6.06. The standard InChI is InChI=1S/C28H30F2N4O2/c1-17-8-21(9-20-6-7-25(26(10-20)35-5)33-14-18(2)31-16-33)27-32-36-15-28(4,34(27)13-17)22-11-23(29)19(3)24(30)12-22/h6-7,9-12,14,16-17H,8,13,15H2,1-5H3/b21-9+. The number of amidine groups is 1. The minimum atomic E-state index is -0.763. The first-order valence-corrected chi connectivity index (χ1v) is 12.0. The summed E-state index contributed by atoms with van der Waals surface area (Å²) in [6, 6.07) is 8.83. The molecule has 5 rings (SSSR count). The topological polar surface area (TPSA) is 51.9 Å². The molecule has 0 N–H and O–H groups in total. The van der Waals surface area contributed by atoms with Crippen LogP contribution in [0.3, 0.4) is 0 Å². The van der Waals surface area contributed by atoms with Crippen LogP contribution in [-0.4, -0.2) is 40.5 Å². The summed E-state index contributed by atoms with van der Waals surface area (Å²) in [6.45, 7) is 8.41. The SMILES string of the molecule is COc1cc(/C=C2\CC(C)CN3C2=NOCC3(C)c2cc(F)c(C)c(F)c2)ccc1-n1cnc(C)c1. The molecule has 0 aliphatic carbocycles. The van der Waals surface area contributed by atoms with E-state index in [9.17, 15) is 8.78 Å². The summed E-state index contributed by atoms with van der Waals surface area (Å²) in [5, 5.41) is 4.40. The van der Waals surface area contributed by atoms with Gasteiger partial charge in [-0.15, -0.1) is 0 Å². The van der Waals surface area contributed by atoms with Crippen molar-refractivity contribution in [3.8, 4) is 11.4 Å². The lowest BCUT2D eigenvalue weighted by Gasteiger charge is -2.49. The Morgan fingerprint density at radius 3 is 2.58 bits per heavy atom. The van der Waals surface area contributed by atoms with Gasteiger partial charge in [0.05, 0.1) is 24.8 Å². The van der Waals surface area contributed by atoms with E-state index in [0.717, 1.165) is 34.7 Å². The third-order valence-electron chi connectivity index (χ3n) is 7.14. The number of oxime groups is 1. The minimum Gasteiger partial charge on any atom is -0.495 e. The van der Waals surface area contributed by atoms with E-state index in [1.165, 1.54) is 19.1 Å². The van der Waals surface area contributed by atoms with E-state index in [4.69, 9.17) is 9.57 Å². The van der Waals surface area contributed by atoms with Gasteiger partial charge in [-0.25, -0.2) is 13.8 Å². The number of ether oxygens (including phenoxy) is 1. The van der Waals surface area contributed by atoms with Gasteiger partial charge in [0.15, 0.2) is 5.84 Å². The van der Waals surface area contributed by atoms with Gasteiger partial charge >= 0.3 is 0 Å². The van der Waals surface area contributed by atoms with Crippen LogP contribution in [0.15, 0.2) is 53.6 Å². The first kappa shape index (κ1) is 24.0. The number of methoxy groups -OCH3 is 1. The number of piperidine rings is 1. The molecule has 0 spiro atoms. The molecule has 2 aliphatic heterocycles. The molecule has 2 unspecified atom stereocenters. The predicted molar refractivity (Wildman–Crippen MR) is 135 cm³/mol. The van der Waals surface area contributed by atoms with E-state index in [1.807, 2.05) is 42.8 Å². The van der Waals surface area contributed by atoms with Gasteiger partial charge in [0.25, 0.3) is 0 Å². The van der Waals surface area contributed by atoms with Crippen molar-refractivity contribution in [1.29, 1.82) is 0 Å². The van der Waals surface area contributed by atoms with Gasteiger partial charge < -0.3 is 19.0 Å². The second-order valence-electron chi connectivity index (χ2n) is 9.97. The zero-order chi connectivity index (χ0) is 25.6. The normalized spacial score (nSPS) is 22.8. The van der Waals surface area contributed by atoms with Crippen molar-refractivity contribution in [3.05, 3.63) is 82.4 Å². The second-order valence-corrected chi connectivity index (χ2v) is 9.97. The van der Waals surface area contributed by atoms with Crippen molar-refractivity contribution >= 4 is 11.9 Å². The lowest BCUT2D eigenvalue weighted by atomic mass is 9.83. The monoisotopic (exact) mass is 492 g/mol. The van der Waals surface area contributed by atoms with Crippen LogP contribution in [0.1, 0.15) is 42.7 Å². The molecule has 3 heterocycles. The van der Waals surface area contributed by atoms with Crippen LogP contribution in [0.5, 0.6) is 5.75 Å². The van der Waals surface area contributed by atoms with Crippen LogP contribution in [0.4, 0.5) is 8.78 Å². The van der Waals surface area contributed by atoms with Crippen molar-refractivity contribution in [2.24, 2.45) is 11.1 Å². The molecule has 0 radical (unpaired) electrons. The van der Waals surface area contributed by atoms with Crippen molar-refractivity contribution in [2.75, 3.05) is 20.3 Å². The number of aryl methyl sites for hydroxylation is 1. The molecule has 1 fully saturated rings. The Bertz CT molecular complexity index is 1360. The predicted octanol–water partition coefficient (Wildman–Crippen LogP) is 5.76. The smallest absolute Gasteiger partial charge is 0.172 e. The maximum atomic E-state index is 14.5. The highest BCUT2D eigenvalue weighted by Crippen LogP contribution is 2.40. The Morgan fingerprint density at radius 1 is 1.17 bits per heavy atom. The molecule has 6 nitrogen and oxygen atoms in total. The Hall–Kier alpha value is -3.68. The summed E-state index contributed by atoms with van der Waals surface area (Å²) in [4.78, 5) is 12.1. The molecule has 1 saturated heterocycles. The van der Waals surface area contributed by atoms with Crippen LogP contribution < -0.4 is 4.74 Å². The molecule has 0 saturated carbocycles. The van der Waals surface area contributed by atoms with Gasteiger partial charge in [-0.1, -0.05) is 18.1 Å². The second kappa shape index (κ2) is 9.08. The van der Waals surface area contributed by atoms with Crippen LogP contribution in [0.25, 0.3) is 11.8 Å². The van der Waals surface area contributed by atoms with Crippen molar-refractivity contribution < 1.29 is 18.4 Å². The maximum absolute atomic E-state index is 14.5. The molecular formula is C28H30F2N4O2. The van der Waals surface area contributed by atoms with E-state index >= 15 is 0 Å².